The van der Waals surface area contributed by atoms with Gasteiger partial charge in [-0.2, -0.15) is 0 Å². The van der Waals surface area contributed by atoms with E-state index < -0.39 is 33.3 Å². The molecular weight excluding hydrogens is 409 g/mol. The van der Waals surface area contributed by atoms with Crippen LogP contribution < -0.4 is 0 Å². The van der Waals surface area contributed by atoms with Gasteiger partial charge in [-0.3, -0.25) is 0 Å². The van der Waals surface area contributed by atoms with Crippen LogP contribution in [0.25, 0.3) is 0 Å². The van der Waals surface area contributed by atoms with E-state index in [-0.39, 0.29) is 12.2 Å². The molecule has 0 fully saturated rings. The van der Waals surface area contributed by atoms with Crippen molar-refractivity contribution in [2.24, 2.45) is 0 Å². The van der Waals surface area contributed by atoms with Crippen LogP contribution in [-0.4, -0.2) is 71.9 Å². The summed E-state index contributed by atoms with van der Waals surface area (Å²) in [6.45, 7) is 28.7. The first kappa shape index (κ1) is 27.7. The van der Waals surface area contributed by atoms with Crippen LogP contribution >= 0.6 is 0 Å². The molecule has 0 aromatic heterocycles. The van der Waals surface area contributed by atoms with E-state index in [0.717, 1.165) is 0 Å². The predicted octanol–water partition coefficient (Wildman–Crippen LogP) is 5.15. The van der Waals surface area contributed by atoms with Gasteiger partial charge in [0.15, 0.2) is 33.3 Å². The minimum Gasteiger partial charge on any atom is -0.415 e. The maximum atomic E-state index is 6.32. The summed E-state index contributed by atoms with van der Waals surface area (Å²) in [5.41, 5.74) is 0. The molecule has 0 amide bonds. The maximum absolute atomic E-state index is 6.32. The van der Waals surface area contributed by atoms with Gasteiger partial charge in [0.1, 0.15) is 6.10 Å². The highest BCUT2D eigenvalue weighted by atomic mass is 28.4. The Morgan fingerprint density at radius 1 is 0.444 bits per heavy atom. The number of hydrogen-bond acceptors (Lipinski definition) is 5. The van der Waals surface area contributed by atoms with Crippen LogP contribution in [0.15, 0.2) is 0 Å². The lowest BCUT2D eigenvalue weighted by Crippen LogP contribution is -2.43. The van der Waals surface area contributed by atoms with Gasteiger partial charge in [-0.05, 0) is 78.6 Å². The van der Waals surface area contributed by atoms with Gasteiger partial charge < -0.3 is 22.4 Å². The molecular formula is C18H46O5Si4. The molecule has 27 heavy (non-hydrogen) atoms. The molecule has 0 aliphatic carbocycles. The quantitative estimate of drug-likeness (QED) is 0.340. The fraction of sp³-hybridized carbons (Fsp3) is 1.00. The summed E-state index contributed by atoms with van der Waals surface area (Å²) in [7, 11) is -6.46. The lowest BCUT2D eigenvalue weighted by molar-refractivity contribution is -0.0518. The van der Waals surface area contributed by atoms with E-state index in [0.29, 0.717) is 26.4 Å². The van der Waals surface area contributed by atoms with Crippen molar-refractivity contribution in [3.63, 3.8) is 0 Å². The second kappa shape index (κ2) is 11.2. The molecule has 0 rings (SSSR count). The lowest BCUT2D eigenvalue weighted by Gasteiger charge is -2.31. The largest absolute Gasteiger partial charge is 0.415 e. The van der Waals surface area contributed by atoms with Crippen LogP contribution in [0.1, 0.15) is 0 Å². The fourth-order valence-corrected chi connectivity index (χ4v) is 5.23. The van der Waals surface area contributed by atoms with E-state index in [4.69, 9.17) is 22.4 Å². The van der Waals surface area contributed by atoms with E-state index in [1.807, 2.05) is 0 Å². The van der Waals surface area contributed by atoms with Gasteiger partial charge in [0, 0.05) is 0 Å². The number of hydrogen-bond donors (Lipinski definition) is 0. The zero-order valence-electron chi connectivity index (χ0n) is 20.0. The lowest BCUT2D eigenvalue weighted by atomic mass is 10.4. The predicted molar refractivity (Wildman–Crippen MR) is 126 cm³/mol. The van der Waals surface area contributed by atoms with Crippen molar-refractivity contribution in [2.45, 2.75) is 90.8 Å². The van der Waals surface area contributed by atoms with Crippen molar-refractivity contribution in [1.29, 1.82) is 0 Å². The summed E-state index contributed by atoms with van der Waals surface area (Å²) in [4.78, 5) is 0. The van der Waals surface area contributed by atoms with E-state index in [1.54, 1.807) is 0 Å². The Morgan fingerprint density at radius 2 is 0.778 bits per heavy atom. The molecule has 0 saturated heterocycles. The van der Waals surface area contributed by atoms with E-state index in [2.05, 4.69) is 78.6 Å². The Balaban J connectivity index is 4.87. The third kappa shape index (κ3) is 19.7. The topological polar surface area (TPSA) is 46.2 Å². The molecule has 0 bridgehead atoms. The summed E-state index contributed by atoms with van der Waals surface area (Å²) < 4.78 is 30.9. The molecule has 1 atom stereocenters. The minimum atomic E-state index is -1.68. The average Bonchev–Trinajstić information content (AvgIpc) is 2.39. The molecule has 0 saturated carbocycles. The molecule has 0 aromatic rings. The smallest absolute Gasteiger partial charge is 0.184 e. The van der Waals surface area contributed by atoms with Crippen LogP contribution in [0.3, 0.4) is 0 Å². The van der Waals surface area contributed by atoms with E-state index in [1.165, 1.54) is 0 Å². The molecule has 9 heteroatoms. The molecule has 0 aromatic carbocycles. The highest BCUT2D eigenvalue weighted by Gasteiger charge is 2.27. The SMILES string of the molecule is C[Si](C)(C)OCC(CO[Si](C)(C)C)OCC(CO[Si](C)(C)C)O[Si](C)(C)C. The Labute approximate surface area is 173 Å². The first-order chi connectivity index (χ1) is 11.9. The molecule has 1 unspecified atom stereocenters. The average molecular weight is 455 g/mol. The third-order valence-electron chi connectivity index (χ3n) is 3.14. The molecule has 0 spiro atoms. The molecule has 0 aliphatic heterocycles. The summed E-state index contributed by atoms with van der Waals surface area (Å²) >= 11 is 0. The van der Waals surface area contributed by atoms with Crippen molar-refractivity contribution in [1.82, 2.24) is 0 Å². The highest BCUT2D eigenvalue weighted by Crippen LogP contribution is 2.14. The van der Waals surface area contributed by atoms with Gasteiger partial charge in [-0.1, -0.05) is 0 Å². The van der Waals surface area contributed by atoms with Gasteiger partial charge in [-0.15, -0.1) is 0 Å². The summed E-state index contributed by atoms with van der Waals surface area (Å²) in [5, 5.41) is 0. The Kier molecular flexibility index (Phi) is 11.4. The number of ether oxygens (including phenoxy) is 1. The highest BCUT2D eigenvalue weighted by molar-refractivity contribution is 6.70. The minimum absolute atomic E-state index is 0.0374. The van der Waals surface area contributed by atoms with Gasteiger partial charge in [0.25, 0.3) is 0 Å². The first-order valence-corrected chi connectivity index (χ1v) is 23.7. The second-order valence-electron chi connectivity index (χ2n) is 11.1. The van der Waals surface area contributed by atoms with E-state index >= 15 is 0 Å². The zero-order chi connectivity index (χ0) is 21.5. The Morgan fingerprint density at radius 3 is 1.07 bits per heavy atom. The van der Waals surface area contributed by atoms with Gasteiger partial charge in [0.2, 0.25) is 0 Å². The summed E-state index contributed by atoms with van der Waals surface area (Å²) in [6.07, 6.45) is -0.104. The molecule has 0 heterocycles. The van der Waals surface area contributed by atoms with Crippen LogP contribution in [0.5, 0.6) is 0 Å². The van der Waals surface area contributed by atoms with Crippen LogP contribution in [0, 0.1) is 0 Å². The van der Waals surface area contributed by atoms with Crippen molar-refractivity contribution in [3.05, 3.63) is 0 Å². The summed E-state index contributed by atoms with van der Waals surface area (Å²) in [5.74, 6) is 0. The molecule has 5 nitrogen and oxygen atoms in total. The number of rotatable bonds is 14. The molecule has 0 N–H and O–H groups in total. The second-order valence-corrected chi connectivity index (χ2v) is 29.1. The monoisotopic (exact) mass is 454 g/mol. The van der Waals surface area contributed by atoms with Gasteiger partial charge in [-0.25, -0.2) is 0 Å². The van der Waals surface area contributed by atoms with Crippen molar-refractivity contribution in [2.75, 3.05) is 26.4 Å². The zero-order valence-corrected chi connectivity index (χ0v) is 24.0. The molecule has 164 valence electrons. The standard InChI is InChI=1S/C18H46O5Si4/c1-24(2,3)20-14-17(15-21-25(4,5)6)19-13-18(23-27(10,11)12)16-22-26(7,8)9/h17-18H,13-16H2,1-12H3. The van der Waals surface area contributed by atoms with Crippen molar-refractivity contribution >= 4 is 33.3 Å². The molecule has 0 aliphatic rings. The first-order valence-electron chi connectivity index (χ1n) is 10.1. The van der Waals surface area contributed by atoms with E-state index in [9.17, 15) is 0 Å². The van der Waals surface area contributed by atoms with Crippen molar-refractivity contribution < 1.29 is 22.4 Å². The Bertz CT molecular complexity index is 390. The Hall–Kier alpha value is 0.668. The fourth-order valence-electron chi connectivity index (χ4n) is 2.03. The maximum Gasteiger partial charge on any atom is 0.184 e. The summed E-state index contributed by atoms with van der Waals surface area (Å²) in [6, 6.07) is 0. The van der Waals surface area contributed by atoms with Crippen molar-refractivity contribution in [3.8, 4) is 0 Å². The normalized spacial score (nSPS) is 15.4. The van der Waals surface area contributed by atoms with Crippen LogP contribution in [-0.2, 0) is 22.4 Å². The van der Waals surface area contributed by atoms with Crippen LogP contribution in [0.2, 0.25) is 78.6 Å². The van der Waals surface area contributed by atoms with Crippen LogP contribution in [0.4, 0.5) is 0 Å². The van der Waals surface area contributed by atoms with Gasteiger partial charge in [0.05, 0.1) is 32.5 Å². The van der Waals surface area contributed by atoms with Gasteiger partial charge >= 0.3 is 0 Å². The molecule has 0 radical (unpaired) electrons. The third-order valence-corrected chi connectivity index (χ3v) is 7.28.